The molecule has 5 nitrogen and oxygen atoms in total. The summed E-state index contributed by atoms with van der Waals surface area (Å²) in [6.45, 7) is 6.76. The normalized spacial score (nSPS) is 16.6. The van der Waals surface area contributed by atoms with Crippen molar-refractivity contribution in [3.63, 3.8) is 0 Å². The minimum absolute atomic E-state index is 0.408. The fraction of sp³-hybridized carbons (Fsp3) is 0.800. The summed E-state index contributed by atoms with van der Waals surface area (Å²) >= 11 is 1.80. The van der Waals surface area contributed by atoms with Crippen LogP contribution in [0, 0.1) is 0 Å². The van der Waals surface area contributed by atoms with Gasteiger partial charge < -0.3 is 19.7 Å². The molecule has 1 saturated heterocycles. The van der Waals surface area contributed by atoms with Crippen molar-refractivity contribution in [1.82, 2.24) is 10.3 Å². The molecule has 0 aliphatic carbocycles. The molecule has 0 unspecified atom stereocenters. The molecule has 0 radical (unpaired) electrons. The first kappa shape index (κ1) is 16.7. The Morgan fingerprint density at radius 3 is 2.71 bits per heavy atom. The second kappa shape index (κ2) is 8.68. The van der Waals surface area contributed by atoms with Gasteiger partial charge in [0.25, 0.3) is 0 Å². The van der Waals surface area contributed by atoms with Gasteiger partial charge in [0, 0.05) is 38.7 Å². The molecule has 21 heavy (non-hydrogen) atoms. The van der Waals surface area contributed by atoms with Gasteiger partial charge in [0.1, 0.15) is 0 Å². The molecule has 6 heteroatoms. The molecule has 2 rings (SSSR count). The summed E-state index contributed by atoms with van der Waals surface area (Å²) < 4.78 is 10.7. The van der Waals surface area contributed by atoms with Gasteiger partial charge in [0.05, 0.1) is 18.4 Å². The first-order valence-electron chi connectivity index (χ1n) is 7.74. The van der Waals surface area contributed by atoms with E-state index in [1.165, 1.54) is 4.88 Å². The molecule has 120 valence electrons. The molecule has 0 atom stereocenters. The van der Waals surface area contributed by atoms with Gasteiger partial charge in [0.2, 0.25) is 0 Å². The Hall–Kier alpha value is -0.690. The number of nitrogens with zero attached hydrogens (tertiary/aromatic N) is 2. The molecule has 1 aromatic heterocycles. The van der Waals surface area contributed by atoms with E-state index in [-0.39, 0.29) is 0 Å². The summed E-state index contributed by atoms with van der Waals surface area (Å²) in [7, 11) is 3.53. The van der Waals surface area contributed by atoms with E-state index in [1.54, 1.807) is 25.6 Å². The number of thiazole rings is 1. The van der Waals surface area contributed by atoms with Crippen LogP contribution in [0.4, 0.5) is 5.13 Å². The van der Waals surface area contributed by atoms with Crippen LogP contribution in [-0.2, 0) is 22.6 Å². The third kappa shape index (κ3) is 4.64. The highest BCUT2D eigenvalue weighted by molar-refractivity contribution is 7.15. The molecule has 0 amide bonds. The van der Waals surface area contributed by atoms with Crippen molar-refractivity contribution in [2.24, 2.45) is 0 Å². The predicted octanol–water partition coefficient (Wildman–Crippen LogP) is 2.40. The number of piperidine rings is 1. The predicted molar refractivity (Wildman–Crippen MR) is 87.1 cm³/mol. The van der Waals surface area contributed by atoms with Crippen molar-refractivity contribution in [1.29, 1.82) is 0 Å². The van der Waals surface area contributed by atoms with Gasteiger partial charge in [0.15, 0.2) is 5.13 Å². The van der Waals surface area contributed by atoms with E-state index in [0.717, 1.165) is 56.3 Å². The van der Waals surface area contributed by atoms with Gasteiger partial charge in [-0.15, -0.1) is 11.3 Å². The van der Waals surface area contributed by atoms with Crippen LogP contribution in [0.3, 0.4) is 0 Å². The van der Waals surface area contributed by atoms with E-state index >= 15 is 0 Å². The molecule has 0 spiro atoms. The van der Waals surface area contributed by atoms with Crippen molar-refractivity contribution in [2.45, 2.75) is 45.4 Å². The van der Waals surface area contributed by atoms with Gasteiger partial charge in [-0.2, -0.15) is 0 Å². The van der Waals surface area contributed by atoms with Crippen molar-refractivity contribution in [2.75, 3.05) is 38.8 Å². The van der Waals surface area contributed by atoms with Crippen molar-refractivity contribution >= 4 is 16.5 Å². The smallest absolute Gasteiger partial charge is 0.185 e. The Balaban J connectivity index is 2.00. The van der Waals surface area contributed by atoms with E-state index in [2.05, 4.69) is 17.1 Å². The maximum atomic E-state index is 5.43. The molecule has 1 fully saturated rings. The molecule has 2 heterocycles. The molecular weight excluding hydrogens is 286 g/mol. The van der Waals surface area contributed by atoms with Crippen LogP contribution in [0.1, 0.15) is 36.8 Å². The third-order valence-corrected chi connectivity index (χ3v) is 4.96. The average Bonchev–Trinajstić information content (AvgIpc) is 2.91. The first-order valence-corrected chi connectivity index (χ1v) is 8.56. The summed E-state index contributed by atoms with van der Waals surface area (Å²) in [5.41, 5.74) is 1.08. The minimum atomic E-state index is 0.408. The largest absolute Gasteiger partial charge is 0.381 e. The van der Waals surface area contributed by atoms with Crippen LogP contribution in [-0.4, -0.2) is 44.9 Å². The molecule has 0 bridgehead atoms. The van der Waals surface area contributed by atoms with Crippen LogP contribution in [0.5, 0.6) is 0 Å². The molecular formula is C15H27N3O2S. The zero-order valence-corrected chi connectivity index (χ0v) is 14.2. The second-order valence-electron chi connectivity index (χ2n) is 5.40. The standard InChI is InChI=1S/C15H27N3O2S/c1-4-7-16-10-14-13(11-19-2)17-15(21-14)18-8-5-12(20-3)6-9-18/h12,16H,4-11H2,1-3H3. The maximum Gasteiger partial charge on any atom is 0.185 e. The Kier molecular flexibility index (Phi) is 6.89. The fourth-order valence-electron chi connectivity index (χ4n) is 2.55. The topological polar surface area (TPSA) is 46.6 Å². The highest BCUT2D eigenvalue weighted by Gasteiger charge is 2.22. The van der Waals surface area contributed by atoms with Crippen molar-refractivity contribution in [3.8, 4) is 0 Å². The van der Waals surface area contributed by atoms with Gasteiger partial charge in [-0.1, -0.05) is 6.92 Å². The zero-order valence-electron chi connectivity index (χ0n) is 13.4. The first-order chi connectivity index (χ1) is 10.3. The van der Waals surface area contributed by atoms with Crippen molar-refractivity contribution in [3.05, 3.63) is 10.6 Å². The summed E-state index contributed by atoms with van der Waals surface area (Å²) in [6, 6.07) is 0. The highest BCUT2D eigenvalue weighted by Crippen LogP contribution is 2.29. The van der Waals surface area contributed by atoms with Crippen LogP contribution in [0.2, 0.25) is 0 Å². The molecule has 1 aliphatic heterocycles. The molecule has 1 aromatic rings. The van der Waals surface area contributed by atoms with Gasteiger partial charge in [-0.05, 0) is 25.8 Å². The Labute approximate surface area is 131 Å². The number of rotatable bonds is 8. The Bertz CT molecular complexity index is 417. The van der Waals surface area contributed by atoms with Gasteiger partial charge >= 0.3 is 0 Å². The summed E-state index contributed by atoms with van der Waals surface area (Å²) in [6.07, 6.45) is 3.72. The van der Waals surface area contributed by atoms with Crippen LogP contribution in [0.25, 0.3) is 0 Å². The number of hydrogen-bond acceptors (Lipinski definition) is 6. The lowest BCUT2D eigenvalue weighted by Crippen LogP contribution is -2.36. The lowest BCUT2D eigenvalue weighted by Gasteiger charge is -2.30. The Morgan fingerprint density at radius 1 is 1.33 bits per heavy atom. The van der Waals surface area contributed by atoms with E-state index in [0.29, 0.717) is 12.7 Å². The SMILES string of the molecule is CCCNCc1sc(N2CCC(OC)CC2)nc1COC. The van der Waals surface area contributed by atoms with Crippen molar-refractivity contribution < 1.29 is 9.47 Å². The fourth-order valence-corrected chi connectivity index (χ4v) is 3.64. The summed E-state index contributed by atoms with van der Waals surface area (Å²) in [5, 5.41) is 4.59. The van der Waals surface area contributed by atoms with Gasteiger partial charge in [-0.3, -0.25) is 0 Å². The molecule has 0 saturated carbocycles. The number of anilines is 1. The second-order valence-corrected chi connectivity index (χ2v) is 6.46. The third-order valence-electron chi connectivity index (χ3n) is 3.81. The number of aromatic nitrogens is 1. The number of methoxy groups -OCH3 is 2. The number of ether oxygens (including phenoxy) is 2. The number of nitrogens with one attached hydrogen (secondary N) is 1. The van der Waals surface area contributed by atoms with Crippen LogP contribution >= 0.6 is 11.3 Å². The summed E-state index contributed by atoms with van der Waals surface area (Å²) in [4.78, 5) is 8.47. The monoisotopic (exact) mass is 313 g/mol. The molecule has 0 aromatic carbocycles. The molecule has 1 aliphatic rings. The lowest BCUT2D eigenvalue weighted by molar-refractivity contribution is 0.0819. The zero-order chi connectivity index (χ0) is 15.1. The molecule has 1 N–H and O–H groups in total. The van der Waals surface area contributed by atoms with E-state index < -0.39 is 0 Å². The van der Waals surface area contributed by atoms with E-state index in [4.69, 9.17) is 14.5 Å². The van der Waals surface area contributed by atoms with Gasteiger partial charge in [-0.25, -0.2) is 4.98 Å². The highest BCUT2D eigenvalue weighted by atomic mass is 32.1. The maximum absolute atomic E-state index is 5.43. The average molecular weight is 313 g/mol. The van der Waals surface area contributed by atoms with Crippen LogP contribution in [0.15, 0.2) is 0 Å². The Morgan fingerprint density at radius 2 is 2.10 bits per heavy atom. The quantitative estimate of drug-likeness (QED) is 0.747. The van der Waals surface area contributed by atoms with E-state index in [1.807, 2.05) is 0 Å². The van der Waals surface area contributed by atoms with Crippen LogP contribution < -0.4 is 10.2 Å². The number of hydrogen-bond donors (Lipinski definition) is 1. The lowest BCUT2D eigenvalue weighted by atomic mass is 10.1. The minimum Gasteiger partial charge on any atom is -0.381 e. The van der Waals surface area contributed by atoms with E-state index in [9.17, 15) is 0 Å². The summed E-state index contributed by atoms with van der Waals surface area (Å²) in [5.74, 6) is 0.